The molecule has 0 atom stereocenters. The third-order valence-corrected chi connectivity index (χ3v) is 3.93. The Balaban J connectivity index is 1.61. The molecule has 1 saturated heterocycles. The minimum Gasteiger partial charge on any atom is -0.313 e. The molecule has 0 saturated carbocycles. The molecule has 106 valence electrons. The van der Waals surface area contributed by atoms with Crippen LogP contribution in [0.25, 0.3) is 0 Å². The fourth-order valence-corrected chi connectivity index (χ4v) is 2.74. The first-order valence-electron chi connectivity index (χ1n) is 7.62. The van der Waals surface area contributed by atoms with E-state index in [2.05, 4.69) is 34.3 Å². The summed E-state index contributed by atoms with van der Waals surface area (Å²) >= 11 is 0. The second-order valence-corrected chi connectivity index (χ2v) is 5.63. The van der Waals surface area contributed by atoms with Gasteiger partial charge in [0.1, 0.15) is 0 Å². The summed E-state index contributed by atoms with van der Waals surface area (Å²) in [4.78, 5) is 7.10. The van der Waals surface area contributed by atoms with Gasteiger partial charge in [-0.15, -0.1) is 0 Å². The lowest BCUT2D eigenvalue weighted by molar-refractivity contribution is 0.225. The molecule has 2 heterocycles. The van der Waals surface area contributed by atoms with E-state index < -0.39 is 0 Å². The van der Waals surface area contributed by atoms with Crippen LogP contribution in [0.2, 0.25) is 0 Å². The van der Waals surface area contributed by atoms with Crippen LogP contribution in [0.15, 0.2) is 12.1 Å². The van der Waals surface area contributed by atoms with Gasteiger partial charge in [-0.05, 0) is 70.9 Å². The van der Waals surface area contributed by atoms with E-state index in [1.54, 1.807) is 0 Å². The largest absolute Gasteiger partial charge is 0.313 e. The number of nitrogens with zero attached hydrogens (tertiary/aromatic N) is 2. The van der Waals surface area contributed by atoms with Gasteiger partial charge in [0, 0.05) is 17.9 Å². The van der Waals surface area contributed by atoms with Gasteiger partial charge in [-0.3, -0.25) is 4.98 Å². The zero-order chi connectivity index (χ0) is 13.5. The van der Waals surface area contributed by atoms with Crippen molar-refractivity contribution >= 4 is 0 Å². The van der Waals surface area contributed by atoms with Gasteiger partial charge in [0.25, 0.3) is 0 Å². The summed E-state index contributed by atoms with van der Waals surface area (Å²) in [6.45, 7) is 10.0. The monoisotopic (exact) mass is 261 g/mol. The fourth-order valence-electron chi connectivity index (χ4n) is 2.74. The standard InChI is InChI=1S/C16H27N3/c1-14-7-8-16(15(2)18-14)13-17-9-6-12-19-10-4-3-5-11-19/h7-8,17H,3-6,9-13H2,1-2H3. The van der Waals surface area contributed by atoms with Crippen LogP contribution in [0.4, 0.5) is 0 Å². The average Bonchev–Trinajstić information content (AvgIpc) is 2.42. The molecule has 0 radical (unpaired) electrons. The van der Waals surface area contributed by atoms with Gasteiger partial charge in [0.05, 0.1) is 0 Å². The van der Waals surface area contributed by atoms with Crippen LogP contribution in [-0.4, -0.2) is 36.1 Å². The molecule has 19 heavy (non-hydrogen) atoms. The van der Waals surface area contributed by atoms with Crippen LogP contribution in [0.3, 0.4) is 0 Å². The second kappa shape index (κ2) is 7.61. The third-order valence-electron chi connectivity index (χ3n) is 3.93. The molecule has 1 N–H and O–H groups in total. The molecule has 0 aromatic carbocycles. The lowest BCUT2D eigenvalue weighted by atomic mass is 10.1. The van der Waals surface area contributed by atoms with Crippen LogP contribution in [-0.2, 0) is 6.54 Å². The molecule has 1 aliphatic rings. The van der Waals surface area contributed by atoms with E-state index in [0.717, 1.165) is 24.5 Å². The van der Waals surface area contributed by atoms with Crippen molar-refractivity contribution in [3.8, 4) is 0 Å². The average molecular weight is 261 g/mol. The summed E-state index contributed by atoms with van der Waals surface area (Å²) in [5.74, 6) is 0. The minimum atomic E-state index is 0.944. The number of piperidine rings is 1. The number of hydrogen-bond donors (Lipinski definition) is 1. The number of aryl methyl sites for hydroxylation is 2. The quantitative estimate of drug-likeness (QED) is 0.798. The number of likely N-dealkylation sites (tertiary alicyclic amines) is 1. The molecule has 0 bridgehead atoms. The van der Waals surface area contributed by atoms with E-state index >= 15 is 0 Å². The Morgan fingerprint density at radius 3 is 2.68 bits per heavy atom. The first-order chi connectivity index (χ1) is 9.25. The molecular formula is C16H27N3. The normalized spacial score (nSPS) is 16.7. The van der Waals surface area contributed by atoms with E-state index in [9.17, 15) is 0 Å². The summed E-state index contributed by atoms with van der Waals surface area (Å²) < 4.78 is 0. The van der Waals surface area contributed by atoms with Crippen molar-refractivity contribution in [3.05, 3.63) is 29.1 Å². The highest BCUT2D eigenvalue weighted by atomic mass is 15.1. The summed E-state index contributed by atoms with van der Waals surface area (Å²) in [5.41, 5.74) is 3.58. The molecule has 1 aliphatic heterocycles. The third kappa shape index (κ3) is 4.92. The van der Waals surface area contributed by atoms with Gasteiger partial charge in [-0.25, -0.2) is 0 Å². The Morgan fingerprint density at radius 1 is 1.16 bits per heavy atom. The van der Waals surface area contributed by atoms with Gasteiger partial charge in [-0.2, -0.15) is 0 Å². The van der Waals surface area contributed by atoms with Gasteiger partial charge >= 0.3 is 0 Å². The fraction of sp³-hybridized carbons (Fsp3) is 0.688. The van der Waals surface area contributed by atoms with E-state index in [-0.39, 0.29) is 0 Å². The van der Waals surface area contributed by atoms with Crippen molar-refractivity contribution in [1.29, 1.82) is 0 Å². The number of hydrogen-bond acceptors (Lipinski definition) is 3. The SMILES string of the molecule is Cc1ccc(CNCCCN2CCCCC2)c(C)n1. The van der Waals surface area contributed by atoms with Crippen LogP contribution >= 0.6 is 0 Å². The summed E-state index contributed by atoms with van der Waals surface area (Å²) in [6, 6.07) is 4.28. The highest BCUT2D eigenvalue weighted by Crippen LogP contribution is 2.09. The number of aromatic nitrogens is 1. The molecule has 3 heteroatoms. The van der Waals surface area contributed by atoms with Gasteiger partial charge in [0.2, 0.25) is 0 Å². The first kappa shape index (κ1) is 14.5. The van der Waals surface area contributed by atoms with Crippen molar-refractivity contribution in [2.24, 2.45) is 0 Å². The van der Waals surface area contributed by atoms with Crippen LogP contribution < -0.4 is 5.32 Å². The van der Waals surface area contributed by atoms with Gasteiger partial charge in [-0.1, -0.05) is 12.5 Å². The Labute approximate surface area is 117 Å². The number of nitrogens with one attached hydrogen (secondary N) is 1. The number of pyridine rings is 1. The van der Waals surface area contributed by atoms with Crippen LogP contribution in [0.5, 0.6) is 0 Å². The van der Waals surface area contributed by atoms with Crippen molar-refractivity contribution in [2.75, 3.05) is 26.2 Å². The van der Waals surface area contributed by atoms with Crippen molar-refractivity contribution in [2.45, 2.75) is 46.1 Å². The van der Waals surface area contributed by atoms with E-state index in [0.29, 0.717) is 0 Å². The van der Waals surface area contributed by atoms with Crippen LogP contribution in [0, 0.1) is 13.8 Å². The van der Waals surface area contributed by atoms with Crippen molar-refractivity contribution < 1.29 is 0 Å². The molecule has 0 amide bonds. The molecule has 1 fully saturated rings. The zero-order valence-corrected chi connectivity index (χ0v) is 12.4. The maximum absolute atomic E-state index is 4.50. The van der Waals surface area contributed by atoms with Gasteiger partial charge < -0.3 is 10.2 Å². The molecule has 1 aromatic heterocycles. The Morgan fingerprint density at radius 2 is 1.95 bits per heavy atom. The maximum atomic E-state index is 4.50. The summed E-state index contributed by atoms with van der Waals surface area (Å²) in [6.07, 6.45) is 5.45. The molecule has 0 aliphatic carbocycles. The van der Waals surface area contributed by atoms with Crippen molar-refractivity contribution in [1.82, 2.24) is 15.2 Å². The molecule has 0 unspecified atom stereocenters. The molecule has 3 nitrogen and oxygen atoms in total. The first-order valence-corrected chi connectivity index (χ1v) is 7.62. The van der Waals surface area contributed by atoms with Gasteiger partial charge in [0.15, 0.2) is 0 Å². The maximum Gasteiger partial charge on any atom is 0.0420 e. The second-order valence-electron chi connectivity index (χ2n) is 5.63. The Kier molecular flexibility index (Phi) is 5.80. The van der Waals surface area contributed by atoms with Crippen LogP contribution in [0.1, 0.15) is 42.6 Å². The molecule has 2 rings (SSSR count). The van der Waals surface area contributed by atoms with E-state index in [1.165, 1.54) is 50.9 Å². The molecule has 1 aromatic rings. The van der Waals surface area contributed by atoms with Crippen molar-refractivity contribution in [3.63, 3.8) is 0 Å². The smallest absolute Gasteiger partial charge is 0.0420 e. The Hall–Kier alpha value is -0.930. The number of rotatable bonds is 6. The van der Waals surface area contributed by atoms with E-state index in [4.69, 9.17) is 0 Å². The minimum absolute atomic E-state index is 0.944. The van der Waals surface area contributed by atoms with E-state index in [1.807, 2.05) is 6.92 Å². The lowest BCUT2D eigenvalue weighted by Crippen LogP contribution is -2.32. The molecular weight excluding hydrogens is 234 g/mol. The predicted molar refractivity (Wildman–Crippen MR) is 80.3 cm³/mol. The Bertz CT molecular complexity index is 384. The highest BCUT2D eigenvalue weighted by molar-refractivity contribution is 5.21. The summed E-state index contributed by atoms with van der Waals surface area (Å²) in [5, 5.41) is 3.53. The zero-order valence-electron chi connectivity index (χ0n) is 12.4. The predicted octanol–water partition coefficient (Wildman–Crippen LogP) is 2.66. The molecule has 0 spiro atoms. The summed E-state index contributed by atoms with van der Waals surface area (Å²) in [7, 11) is 0. The highest BCUT2D eigenvalue weighted by Gasteiger charge is 2.08. The topological polar surface area (TPSA) is 28.2 Å². The lowest BCUT2D eigenvalue weighted by Gasteiger charge is -2.26.